The molecule has 4 rings (SSSR count). The maximum Gasteiger partial charge on any atom is 0.244 e. The van der Waals surface area contributed by atoms with Crippen LogP contribution in [0.3, 0.4) is 0 Å². The number of aryl methyl sites for hydroxylation is 2. The van der Waals surface area contributed by atoms with Gasteiger partial charge in [0.2, 0.25) is 21.8 Å². The third-order valence-corrected chi connectivity index (χ3v) is 8.95. The van der Waals surface area contributed by atoms with E-state index in [0.29, 0.717) is 16.3 Å². The van der Waals surface area contributed by atoms with Gasteiger partial charge in [-0.1, -0.05) is 79.0 Å². The molecule has 0 bridgehead atoms. The van der Waals surface area contributed by atoms with Gasteiger partial charge in [0.05, 0.1) is 11.9 Å². The number of halogens is 1. The van der Waals surface area contributed by atoms with Gasteiger partial charge in [-0.2, -0.15) is 0 Å². The molecular weight excluding hydrogens is 558 g/mol. The topological polar surface area (TPSA) is 86.8 Å². The van der Waals surface area contributed by atoms with Crippen LogP contribution in [-0.2, 0) is 32.6 Å². The second kappa shape index (κ2) is 13.5. The second-order valence-corrected chi connectivity index (χ2v) is 13.2. The summed E-state index contributed by atoms with van der Waals surface area (Å²) in [5.74, 6) is -0.740. The van der Waals surface area contributed by atoms with Crippen LogP contribution in [0.2, 0.25) is 5.02 Å². The third kappa shape index (κ3) is 8.33. The quantitative estimate of drug-likeness (QED) is 0.321. The summed E-state index contributed by atoms with van der Waals surface area (Å²) in [6.07, 6.45) is 5.27. The molecule has 0 radical (unpaired) electrons. The first-order valence-corrected chi connectivity index (χ1v) is 16.2. The molecule has 0 aliphatic heterocycles. The molecule has 9 heteroatoms. The fourth-order valence-electron chi connectivity index (χ4n) is 5.44. The van der Waals surface area contributed by atoms with Crippen LogP contribution in [0.25, 0.3) is 0 Å². The van der Waals surface area contributed by atoms with Gasteiger partial charge in [0.15, 0.2) is 0 Å². The first-order chi connectivity index (χ1) is 19.5. The Bertz CT molecular complexity index is 1450. The minimum absolute atomic E-state index is 0.0541. The monoisotopic (exact) mass is 595 g/mol. The molecule has 1 N–H and O–H groups in total. The highest BCUT2D eigenvalue weighted by Crippen LogP contribution is 2.25. The van der Waals surface area contributed by atoms with Crippen LogP contribution in [0, 0.1) is 13.8 Å². The summed E-state index contributed by atoms with van der Waals surface area (Å²) < 4.78 is 27.1. The average molecular weight is 596 g/mol. The van der Waals surface area contributed by atoms with Crippen molar-refractivity contribution < 1.29 is 18.0 Å². The van der Waals surface area contributed by atoms with Gasteiger partial charge in [0.25, 0.3) is 0 Å². The highest BCUT2D eigenvalue weighted by Gasteiger charge is 2.34. The zero-order chi connectivity index (χ0) is 29.6. The summed E-state index contributed by atoms with van der Waals surface area (Å²) in [6, 6.07) is 21.3. The van der Waals surface area contributed by atoms with Crippen molar-refractivity contribution in [1.82, 2.24) is 10.2 Å². The number of anilines is 1. The van der Waals surface area contributed by atoms with Gasteiger partial charge in [0.1, 0.15) is 12.6 Å². The van der Waals surface area contributed by atoms with E-state index in [2.05, 4.69) is 5.32 Å². The van der Waals surface area contributed by atoms with Crippen LogP contribution in [0.15, 0.2) is 72.8 Å². The molecule has 0 aromatic heterocycles. The molecule has 1 fully saturated rings. The van der Waals surface area contributed by atoms with E-state index in [4.69, 9.17) is 11.6 Å². The molecule has 1 aliphatic rings. The molecule has 0 saturated heterocycles. The molecule has 1 atom stereocenters. The van der Waals surface area contributed by atoms with Gasteiger partial charge < -0.3 is 10.2 Å². The number of nitrogens with zero attached hydrogens (tertiary/aromatic N) is 2. The van der Waals surface area contributed by atoms with Crippen LogP contribution in [0.4, 0.5) is 5.69 Å². The first-order valence-electron chi connectivity index (χ1n) is 13.9. The minimum Gasteiger partial charge on any atom is -0.352 e. The van der Waals surface area contributed by atoms with E-state index in [-0.39, 0.29) is 24.9 Å². The van der Waals surface area contributed by atoms with Crippen LogP contribution in [-0.4, -0.2) is 50.0 Å². The van der Waals surface area contributed by atoms with Crippen molar-refractivity contribution in [2.75, 3.05) is 17.1 Å². The molecular formula is C32H38ClN3O4S. The van der Waals surface area contributed by atoms with Crippen molar-refractivity contribution in [2.45, 2.75) is 64.6 Å². The lowest BCUT2D eigenvalue weighted by Gasteiger charge is -2.34. The molecule has 1 aliphatic carbocycles. The van der Waals surface area contributed by atoms with Crippen LogP contribution in [0.5, 0.6) is 0 Å². The van der Waals surface area contributed by atoms with Gasteiger partial charge in [-0.3, -0.25) is 13.9 Å². The molecule has 7 nitrogen and oxygen atoms in total. The zero-order valence-electron chi connectivity index (χ0n) is 23.8. The Balaban J connectivity index is 1.75. The van der Waals surface area contributed by atoms with E-state index in [9.17, 15) is 18.0 Å². The van der Waals surface area contributed by atoms with Crippen molar-refractivity contribution in [3.8, 4) is 0 Å². The number of amides is 2. The van der Waals surface area contributed by atoms with Gasteiger partial charge in [-0.15, -0.1) is 0 Å². The lowest BCUT2D eigenvalue weighted by atomic mass is 10.0. The lowest BCUT2D eigenvalue weighted by molar-refractivity contribution is -0.140. The number of rotatable bonds is 11. The van der Waals surface area contributed by atoms with E-state index in [0.717, 1.165) is 52.9 Å². The summed E-state index contributed by atoms with van der Waals surface area (Å²) in [5.41, 5.74) is 3.74. The smallest absolute Gasteiger partial charge is 0.244 e. The Kier molecular flexibility index (Phi) is 10.1. The molecule has 41 heavy (non-hydrogen) atoms. The van der Waals surface area contributed by atoms with E-state index in [1.165, 1.54) is 4.90 Å². The van der Waals surface area contributed by atoms with Gasteiger partial charge in [-0.25, -0.2) is 8.42 Å². The second-order valence-electron chi connectivity index (χ2n) is 10.9. The normalized spacial score (nSPS) is 14.4. The summed E-state index contributed by atoms with van der Waals surface area (Å²) in [4.78, 5) is 29.6. The van der Waals surface area contributed by atoms with E-state index < -0.39 is 28.5 Å². The standard InChI is InChI=1S/C32H38ClN3O4S/c1-23-17-24(2)19-28(18-23)36(41(3,39)40)22-31(37)35(21-26-13-7-10-16-29(26)33)30(20-25-11-5-4-6-12-25)32(38)34-27-14-8-9-15-27/h4-7,10-13,16-19,27,30H,8-9,14-15,20-22H2,1-3H3,(H,34,38). The fourth-order valence-corrected chi connectivity index (χ4v) is 6.47. The molecule has 3 aromatic carbocycles. The molecule has 218 valence electrons. The van der Waals surface area contributed by atoms with Crippen LogP contribution >= 0.6 is 11.6 Å². The third-order valence-electron chi connectivity index (χ3n) is 7.44. The van der Waals surface area contributed by atoms with E-state index >= 15 is 0 Å². The predicted molar refractivity (Wildman–Crippen MR) is 164 cm³/mol. The fraction of sp³-hybridized carbons (Fsp3) is 0.375. The number of hydrogen-bond acceptors (Lipinski definition) is 4. The summed E-state index contributed by atoms with van der Waals surface area (Å²) >= 11 is 6.52. The van der Waals surface area contributed by atoms with Crippen molar-refractivity contribution >= 4 is 39.1 Å². The Morgan fingerprint density at radius 2 is 1.56 bits per heavy atom. The van der Waals surface area contributed by atoms with Crippen LogP contribution in [0.1, 0.15) is 47.9 Å². The molecule has 1 saturated carbocycles. The highest BCUT2D eigenvalue weighted by atomic mass is 35.5. The van der Waals surface area contributed by atoms with Crippen molar-refractivity contribution in [1.29, 1.82) is 0 Å². The number of sulfonamides is 1. The number of carbonyl (C=O) groups is 2. The Morgan fingerprint density at radius 3 is 2.17 bits per heavy atom. The van der Waals surface area contributed by atoms with Crippen molar-refractivity contribution in [2.24, 2.45) is 0 Å². The Labute approximate surface area is 248 Å². The minimum atomic E-state index is -3.83. The maximum atomic E-state index is 14.2. The molecule has 0 spiro atoms. The molecule has 1 unspecified atom stereocenters. The molecule has 2 amide bonds. The molecule has 3 aromatic rings. The largest absolute Gasteiger partial charge is 0.352 e. The van der Waals surface area contributed by atoms with Gasteiger partial charge in [-0.05, 0) is 67.1 Å². The Morgan fingerprint density at radius 1 is 0.951 bits per heavy atom. The van der Waals surface area contributed by atoms with Crippen LogP contribution < -0.4 is 9.62 Å². The predicted octanol–water partition coefficient (Wildman–Crippen LogP) is 5.42. The summed E-state index contributed by atoms with van der Waals surface area (Å²) in [5, 5.41) is 3.63. The summed E-state index contributed by atoms with van der Waals surface area (Å²) in [6.45, 7) is 3.37. The van der Waals surface area contributed by atoms with Crippen molar-refractivity contribution in [3.05, 3.63) is 100 Å². The lowest BCUT2D eigenvalue weighted by Crippen LogP contribution is -2.54. The maximum absolute atomic E-state index is 14.2. The Hall–Kier alpha value is -3.36. The summed E-state index contributed by atoms with van der Waals surface area (Å²) in [7, 11) is -3.83. The highest BCUT2D eigenvalue weighted by molar-refractivity contribution is 7.92. The van der Waals surface area contributed by atoms with Crippen molar-refractivity contribution in [3.63, 3.8) is 0 Å². The van der Waals surface area contributed by atoms with Gasteiger partial charge >= 0.3 is 0 Å². The molecule has 0 heterocycles. The van der Waals surface area contributed by atoms with Gasteiger partial charge in [0, 0.05) is 24.0 Å². The number of carbonyl (C=O) groups excluding carboxylic acids is 2. The number of hydrogen-bond donors (Lipinski definition) is 1. The first kappa shape index (κ1) is 30.6. The SMILES string of the molecule is Cc1cc(C)cc(N(CC(=O)N(Cc2ccccc2Cl)C(Cc2ccccc2)C(=O)NC2CCCC2)S(C)(=O)=O)c1. The number of nitrogens with one attached hydrogen (secondary N) is 1. The van der Waals surface area contributed by atoms with E-state index in [1.54, 1.807) is 24.3 Å². The zero-order valence-corrected chi connectivity index (χ0v) is 25.4. The number of benzene rings is 3. The van der Waals surface area contributed by atoms with E-state index in [1.807, 2.05) is 62.4 Å². The average Bonchev–Trinajstić information content (AvgIpc) is 3.42.